The largest absolute Gasteiger partial charge is 0.506 e. The van der Waals surface area contributed by atoms with Crippen LogP contribution in [0.25, 0.3) is 0 Å². The summed E-state index contributed by atoms with van der Waals surface area (Å²) in [6, 6.07) is 2.79. The van der Waals surface area contributed by atoms with Crippen LogP contribution in [0.5, 0.6) is 5.75 Å². The fourth-order valence-electron chi connectivity index (χ4n) is 0.907. The fourth-order valence-corrected chi connectivity index (χ4v) is 1.33. The van der Waals surface area contributed by atoms with Crippen molar-refractivity contribution in [3.63, 3.8) is 0 Å². The average molecular weight is 283 g/mol. The molecule has 3 nitrogen and oxygen atoms in total. The Bertz CT molecular complexity index is 427. The normalized spacial score (nSPS) is 11.3. The van der Waals surface area contributed by atoms with Gasteiger partial charge in [-0.25, -0.2) is 0 Å². The lowest BCUT2D eigenvalue weighted by Crippen LogP contribution is -2.31. The molecule has 0 radical (unpaired) electrons. The second-order valence-corrected chi connectivity index (χ2v) is 5.39. The Balaban J connectivity index is 3.00. The van der Waals surface area contributed by atoms with Crippen molar-refractivity contribution in [1.29, 1.82) is 0 Å². The van der Waals surface area contributed by atoms with E-state index in [2.05, 4.69) is 5.32 Å². The molecule has 1 amide bonds. The predicted molar refractivity (Wildman–Crippen MR) is 66.7 cm³/mol. The van der Waals surface area contributed by atoms with Crippen LogP contribution in [-0.2, 0) is 4.79 Å². The number of hydrogen-bond donors (Lipinski definition) is 2. The number of alkyl halides is 1. The van der Waals surface area contributed by atoms with E-state index < -0.39 is 10.8 Å². The molecule has 0 heterocycles. The molecule has 0 saturated heterocycles. The minimum Gasteiger partial charge on any atom is -0.506 e. The summed E-state index contributed by atoms with van der Waals surface area (Å²) >= 11 is 17.4. The maximum absolute atomic E-state index is 11.6. The molecule has 1 aromatic rings. The lowest BCUT2D eigenvalue weighted by molar-refractivity contribution is -0.117. The van der Waals surface area contributed by atoms with Gasteiger partial charge in [0.2, 0.25) is 5.91 Å². The number of phenols is 1. The van der Waals surface area contributed by atoms with E-state index in [0.717, 1.165) is 0 Å². The highest BCUT2D eigenvalue weighted by molar-refractivity contribution is 6.45. The zero-order valence-corrected chi connectivity index (χ0v) is 10.9. The van der Waals surface area contributed by atoms with Gasteiger partial charge in [-0.2, -0.15) is 0 Å². The molecule has 0 aliphatic carbocycles. The van der Waals surface area contributed by atoms with Crippen molar-refractivity contribution in [3.8, 4) is 5.75 Å². The standard InChI is InChI=1S/C10H10Cl3NO2/c1-10(2,13)9(16)14-5-3-4-6(15)8(12)7(5)11/h3-4,15H,1-2H3,(H,14,16). The molecule has 2 N–H and O–H groups in total. The van der Waals surface area contributed by atoms with Crippen molar-refractivity contribution in [3.05, 3.63) is 22.2 Å². The van der Waals surface area contributed by atoms with Crippen LogP contribution in [0.3, 0.4) is 0 Å². The van der Waals surface area contributed by atoms with Crippen LogP contribution in [0.15, 0.2) is 12.1 Å². The number of hydrogen-bond acceptors (Lipinski definition) is 2. The van der Waals surface area contributed by atoms with Gasteiger partial charge in [-0.3, -0.25) is 4.79 Å². The molecule has 0 atom stereocenters. The monoisotopic (exact) mass is 281 g/mol. The number of phenolic OH excluding ortho intramolecular Hbond substituents is 1. The Morgan fingerprint density at radius 2 is 1.88 bits per heavy atom. The Hall–Kier alpha value is -0.640. The van der Waals surface area contributed by atoms with E-state index in [0.29, 0.717) is 5.69 Å². The zero-order valence-electron chi connectivity index (χ0n) is 8.64. The third kappa shape index (κ3) is 2.94. The van der Waals surface area contributed by atoms with Crippen LogP contribution < -0.4 is 5.32 Å². The number of halogens is 3. The summed E-state index contributed by atoms with van der Waals surface area (Å²) in [6.45, 7) is 3.11. The van der Waals surface area contributed by atoms with E-state index >= 15 is 0 Å². The molecule has 0 saturated carbocycles. The number of carbonyl (C=O) groups excluding carboxylic acids is 1. The quantitative estimate of drug-likeness (QED) is 0.642. The van der Waals surface area contributed by atoms with Crippen molar-refractivity contribution in [1.82, 2.24) is 0 Å². The summed E-state index contributed by atoms with van der Waals surface area (Å²) in [5.41, 5.74) is 0.309. The number of benzene rings is 1. The highest BCUT2D eigenvalue weighted by atomic mass is 35.5. The minimum absolute atomic E-state index is 0.00755. The second kappa shape index (κ2) is 4.70. The topological polar surface area (TPSA) is 49.3 Å². The van der Waals surface area contributed by atoms with E-state index in [4.69, 9.17) is 34.8 Å². The van der Waals surface area contributed by atoms with Crippen LogP contribution in [0, 0.1) is 0 Å². The number of anilines is 1. The van der Waals surface area contributed by atoms with Crippen LogP contribution in [0.2, 0.25) is 10.0 Å². The molecule has 1 aromatic carbocycles. The van der Waals surface area contributed by atoms with Gasteiger partial charge < -0.3 is 10.4 Å². The molecule has 0 bridgehead atoms. The average Bonchev–Trinajstić information content (AvgIpc) is 2.17. The Kier molecular flexibility index (Phi) is 3.94. The molecular formula is C10H10Cl3NO2. The van der Waals surface area contributed by atoms with E-state index in [1.54, 1.807) is 13.8 Å². The van der Waals surface area contributed by atoms with E-state index in [1.807, 2.05) is 0 Å². The van der Waals surface area contributed by atoms with Gasteiger partial charge in [0.05, 0.1) is 10.7 Å². The summed E-state index contributed by atoms with van der Waals surface area (Å²) in [4.78, 5) is 10.5. The van der Waals surface area contributed by atoms with E-state index in [9.17, 15) is 9.90 Å². The molecule has 16 heavy (non-hydrogen) atoms. The molecule has 6 heteroatoms. The molecule has 0 spiro atoms. The van der Waals surface area contributed by atoms with E-state index in [-0.39, 0.29) is 15.8 Å². The first kappa shape index (κ1) is 13.4. The molecule has 1 rings (SSSR count). The highest BCUT2D eigenvalue weighted by Crippen LogP contribution is 2.37. The number of rotatable bonds is 2. The van der Waals surface area contributed by atoms with Gasteiger partial charge in [0.1, 0.15) is 15.6 Å². The predicted octanol–water partition coefficient (Wildman–Crippen LogP) is 3.65. The fraction of sp³-hybridized carbons (Fsp3) is 0.300. The van der Waals surface area contributed by atoms with Crippen LogP contribution >= 0.6 is 34.8 Å². The SMILES string of the molecule is CC(C)(Cl)C(=O)Nc1ccc(O)c(Cl)c1Cl. The third-order valence-electron chi connectivity index (χ3n) is 1.85. The van der Waals surface area contributed by atoms with Crippen molar-refractivity contribution in [2.75, 3.05) is 5.32 Å². The summed E-state index contributed by atoms with van der Waals surface area (Å²) in [7, 11) is 0. The molecule has 0 aliphatic heterocycles. The van der Waals surface area contributed by atoms with Gasteiger partial charge in [-0.05, 0) is 26.0 Å². The van der Waals surface area contributed by atoms with Gasteiger partial charge >= 0.3 is 0 Å². The first-order valence-corrected chi connectivity index (χ1v) is 5.54. The van der Waals surface area contributed by atoms with Gasteiger partial charge in [0, 0.05) is 0 Å². The highest BCUT2D eigenvalue weighted by Gasteiger charge is 2.25. The number of nitrogens with one attached hydrogen (secondary N) is 1. The summed E-state index contributed by atoms with van der Waals surface area (Å²) in [6.07, 6.45) is 0. The molecule has 0 fully saturated rings. The van der Waals surface area contributed by atoms with Crippen molar-refractivity contribution in [2.24, 2.45) is 0 Å². The number of carbonyl (C=O) groups is 1. The van der Waals surface area contributed by atoms with Crippen LogP contribution in [0.4, 0.5) is 5.69 Å². The van der Waals surface area contributed by atoms with Gasteiger partial charge in [-0.1, -0.05) is 23.2 Å². The Labute approximate surface area is 108 Å². The van der Waals surface area contributed by atoms with Gasteiger partial charge in [0.15, 0.2) is 0 Å². The maximum Gasteiger partial charge on any atom is 0.245 e. The Morgan fingerprint density at radius 3 is 2.38 bits per heavy atom. The van der Waals surface area contributed by atoms with Gasteiger partial charge in [0.25, 0.3) is 0 Å². The van der Waals surface area contributed by atoms with Crippen molar-refractivity contribution in [2.45, 2.75) is 18.7 Å². The number of aromatic hydroxyl groups is 1. The van der Waals surface area contributed by atoms with Crippen molar-refractivity contribution >= 4 is 46.4 Å². The second-order valence-electron chi connectivity index (χ2n) is 3.69. The van der Waals surface area contributed by atoms with Gasteiger partial charge in [-0.15, -0.1) is 11.6 Å². The van der Waals surface area contributed by atoms with E-state index in [1.165, 1.54) is 12.1 Å². The van der Waals surface area contributed by atoms with Crippen LogP contribution in [0.1, 0.15) is 13.8 Å². The summed E-state index contributed by atoms with van der Waals surface area (Å²) in [5, 5.41) is 11.9. The first-order valence-electron chi connectivity index (χ1n) is 4.41. The van der Waals surface area contributed by atoms with Crippen molar-refractivity contribution < 1.29 is 9.90 Å². The lowest BCUT2D eigenvalue weighted by atomic mass is 10.2. The Morgan fingerprint density at radius 1 is 1.31 bits per heavy atom. The lowest BCUT2D eigenvalue weighted by Gasteiger charge is -2.16. The smallest absolute Gasteiger partial charge is 0.245 e. The van der Waals surface area contributed by atoms with Crippen LogP contribution in [-0.4, -0.2) is 15.9 Å². The first-order chi connectivity index (χ1) is 7.23. The minimum atomic E-state index is -1.05. The zero-order chi connectivity index (χ0) is 12.5. The molecule has 0 aromatic heterocycles. The maximum atomic E-state index is 11.6. The molecule has 0 unspecified atom stereocenters. The summed E-state index contributed by atoms with van der Waals surface area (Å²) < 4.78 is 0. The molecular weight excluding hydrogens is 272 g/mol. The molecule has 0 aliphatic rings. The number of amides is 1. The molecule has 88 valence electrons. The summed E-state index contributed by atoms with van der Waals surface area (Å²) in [5.74, 6) is -0.548. The third-order valence-corrected chi connectivity index (χ3v) is 2.89.